The highest BCUT2D eigenvalue weighted by molar-refractivity contribution is 5.96. The summed E-state index contributed by atoms with van der Waals surface area (Å²) in [5.41, 5.74) is 0.823. The zero-order valence-corrected chi connectivity index (χ0v) is 17.4. The molecule has 1 amide bonds. The minimum absolute atomic E-state index is 0.130. The van der Waals surface area contributed by atoms with Crippen LogP contribution in [0.2, 0.25) is 0 Å². The summed E-state index contributed by atoms with van der Waals surface area (Å²) >= 11 is 0. The molecule has 5 rings (SSSR count). The van der Waals surface area contributed by atoms with Gasteiger partial charge in [0.1, 0.15) is 17.4 Å². The van der Waals surface area contributed by atoms with Crippen LogP contribution in [0, 0.1) is 5.92 Å². The molecule has 2 aromatic rings. The van der Waals surface area contributed by atoms with Crippen LogP contribution in [-0.2, 0) is 16.1 Å². The molecule has 0 saturated carbocycles. The fourth-order valence-electron chi connectivity index (χ4n) is 5.30. The average Bonchev–Trinajstić information content (AvgIpc) is 3.29. The molecule has 2 aromatic heterocycles. The number of nitrogens with zero attached hydrogens (tertiary/aromatic N) is 5. The number of amides is 1. The van der Waals surface area contributed by atoms with E-state index in [4.69, 9.17) is 4.74 Å². The van der Waals surface area contributed by atoms with Gasteiger partial charge in [-0.2, -0.15) is 0 Å². The molecule has 3 aliphatic rings. The van der Waals surface area contributed by atoms with Gasteiger partial charge in [-0.1, -0.05) is 0 Å². The van der Waals surface area contributed by atoms with E-state index >= 15 is 0 Å². The molecule has 2 saturated heterocycles. The first-order valence-electron chi connectivity index (χ1n) is 10.7. The molecule has 0 radical (unpaired) electrons. The zero-order chi connectivity index (χ0) is 21.5. The van der Waals surface area contributed by atoms with Crippen molar-refractivity contribution in [3.8, 4) is 0 Å². The van der Waals surface area contributed by atoms with Crippen LogP contribution in [0.1, 0.15) is 41.2 Å². The fourth-order valence-corrected chi connectivity index (χ4v) is 5.30. The largest absolute Gasteiger partial charge is 0.467 e. The molecule has 3 atom stereocenters. The summed E-state index contributed by atoms with van der Waals surface area (Å²) in [6.07, 6.45) is 7.42. The van der Waals surface area contributed by atoms with Crippen molar-refractivity contribution < 1.29 is 14.3 Å². The van der Waals surface area contributed by atoms with Crippen LogP contribution in [0.4, 0.5) is 5.82 Å². The van der Waals surface area contributed by atoms with Gasteiger partial charge < -0.3 is 19.1 Å². The summed E-state index contributed by atoms with van der Waals surface area (Å²) in [5.74, 6) is 0.530. The summed E-state index contributed by atoms with van der Waals surface area (Å²) in [6, 6.07) is 2.92. The van der Waals surface area contributed by atoms with Crippen LogP contribution in [-0.4, -0.2) is 64.1 Å². The molecule has 2 fully saturated rings. The first-order valence-corrected chi connectivity index (χ1v) is 10.7. The third kappa shape index (κ3) is 3.37. The van der Waals surface area contributed by atoms with Gasteiger partial charge in [-0.3, -0.25) is 14.6 Å². The second-order valence-corrected chi connectivity index (χ2v) is 8.53. The van der Waals surface area contributed by atoms with E-state index in [1.807, 2.05) is 6.07 Å². The zero-order valence-electron chi connectivity index (χ0n) is 17.4. The monoisotopic (exact) mass is 423 g/mol. The Labute approximate surface area is 179 Å². The van der Waals surface area contributed by atoms with Gasteiger partial charge in [0.15, 0.2) is 0 Å². The van der Waals surface area contributed by atoms with Crippen LogP contribution >= 0.6 is 0 Å². The quantitative estimate of drug-likeness (QED) is 0.681. The van der Waals surface area contributed by atoms with Crippen molar-refractivity contribution in [1.29, 1.82) is 0 Å². The standard InChI is InChI=1S/C22H25N5O4/c1-31-22(30)18-3-2-8-26(18)20(28)16-4-5-17-15-9-14(12-27(17)21(16)29)11-25(13-15)19-10-23-6-7-24-19/h4-7,10,14-15,18H,2-3,8-9,11-13H2,1H3/t14-,15+,18+/m0/s1. The van der Waals surface area contributed by atoms with Gasteiger partial charge in [0.05, 0.1) is 13.3 Å². The Bertz CT molecular complexity index is 1070. The number of esters is 1. The van der Waals surface area contributed by atoms with E-state index in [2.05, 4.69) is 14.9 Å². The Kier molecular flexibility index (Phi) is 4.95. The van der Waals surface area contributed by atoms with Crippen molar-refractivity contribution >= 4 is 17.7 Å². The van der Waals surface area contributed by atoms with E-state index < -0.39 is 12.0 Å². The maximum atomic E-state index is 13.3. The van der Waals surface area contributed by atoms with Gasteiger partial charge in [-0.15, -0.1) is 0 Å². The normalized spacial score (nSPS) is 24.6. The predicted octanol–water partition coefficient (Wildman–Crippen LogP) is 1.04. The van der Waals surface area contributed by atoms with E-state index in [-0.39, 0.29) is 22.9 Å². The molecule has 0 N–H and O–H groups in total. The van der Waals surface area contributed by atoms with Crippen LogP contribution < -0.4 is 10.5 Å². The summed E-state index contributed by atoms with van der Waals surface area (Å²) in [6.45, 7) is 2.59. The second kappa shape index (κ2) is 7.79. The first kappa shape index (κ1) is 19.7. The molecule has 0 aliphatic carbocycles. The van der Waals surface area contributed by atoms with Gasteiger partial charge in [-0.25, -0.2) is 9.78 Å². The Hall–Kier alpha value is -3.23. The number of hydrogen-bond acceptors (Lipinski definition) is 7. The van der Waals surface area contributed by atoms with E-state index in [0.29, 0.717) is 25.4 Å². The highest BCUT2D eigenvalue weighted by atomic mass is 16.5. The molecule has 0 spiro atoms. The number of anilines is 1. The number of ether oxygens (including phenoxy) is 1. The van der Waals surface area contributed by atoms with Crippen molar-refractivity contribution in [3.63, 3.8) is 0 Å². The second-order valence-electron chi connectivity index (χ2n) is 8.53. The molecular formula is C22H25N5O4. The van der Waals surface area contributed by atoms with Crippen LogP contribution in [0.15, 0.2) is 35.5 Å². The van der Waals surface area contributed by atoms with Crippen molar-refractivity contribution in [3.05, 3.63) is 52.3 Å². The molecule has 9 heteroatoms. The van der Waals surface area contributed by atoms with E-state index in [1.165, 1.54) is 12.0 Å². The SMILES string of the molecule is COC(=O)[C@H]1CCCN1C(=O)c1ccc2n(c1=O)C[C@H]1C[C@@H]2CN(c2cnccn2)C1. The number of carbonyl (C=O) groups excluding carboxylic acids is 2. The lowest BCUT2D eigenvalue weighted by Gasteiger charge is -2.43. The Morgan fingerprint density at radius 2 is 2.03 bits per heavy atom. The number of piperidine rings is 1. The molecule has 3 aliphatic heterocycles. The van der Waals surface area contributed by atoms with Crippen molar-refractivity contribution in [2.45, 2.75) is 37.8 Å². The maximum absolute atomic E-state index is 13.3. The highest BCUT2D eigenvalue weighted by Crippen LogP contribution is 2.36. The molecule has 2 bridgehead atoms. The third-order valence-electron chi connectivity index (χ3n) is 6.70. The van der Waals surface area contributed by atoms with Crippen molar-refractivity contribution in [2.24, 2.45) is 5.92 Å². The molecule has 0 aromatic carbocycles. The average molecular weight is 423 g/mol. The number of pyridine rings is 1. The molecule has 5 heterocycles. The van der Waals surface area contributed by atoms with Gasteiger partial charge in [0.25, 0.3) is 11.5 Å². The number of methoxy groups -OCH3 is 1. The number of aromatic nitrogens is 3. The van der Waals surface area contributed by atoms with E-state index in [1.54, 1.807) is 29.2 Å². The fraction of sp³-hybridized carbons (Fsp3) is 0.500. The Morgan fingerprint density at radius 1 is 1.16 bits per heavy atom. The minimum atomic E-state index is -0.613. The van der Waals surface area contributed by atoms with Crippen LogP contribution in [0.25, 0.3) is 0 Å². The summed E-state index contributed by atoms with van der Waals surface area (Å²) in [7, 11) is 1.32. The lowest BCUT2D eigenvalue weighted by atomic mass is 9.83. The third-order valence-corrected chi connectivity index (χ3v) is 6.70. The summed E-state index contributed by atoms with van der Waals surface area (Å²) < 4.78 is 6.60. The topological polar surface area (TPSA) is 97.6 Å². The minimum Gasteiger partial charge on any atom is -0.467 e. The number of likely N-dealkylation sites (tertiary alicyclic amines) is 1. The van der Waals surface area contributed by atoms with E-state index in [9.17, 15) is 14.4 Å². The molecule has 9 nitrogen and oxygen atoms in total. The first-order chi connectivity index (χ1) is 15.1. The molecule has 0 unspecified atom stereocenters. The number of hydrogen-bond donors (Lipinski definition) is 0. The summed E-state index contributed by atoms with van der Waals surface area (Å²) in [4.78, 5) is 50.8. The lowest BCUT2D eigenvalue weighted by molar-refractivity contribution is -0.145. The van der Waals surface area contributed by atoms with Crippen LogP contribution in [0.5, 0.6) is 0 Å². The molecule has 31 heavy (non-hydrogen) atoms. The van der Waals surface area contributed by atoms with Crippen molar-refractivity contribution in [1.82, 2.24) is 19.4 Å². The van der Waals surface area contributed by atoms with Crippen molar-refractivity contribution in [2.75, 3.05) is 31.6 Å². The van der Waals surface area contributed by atoms with E-state index in [0.717, 1.165) is 37.4 Å². The molecule has 162 valence electrons. The van der Waals surface area contributed by atoms with Crippen LogP contribution in [0.3, 0.4) is 0 Å². The number of carbonyl (C=O) groups is 2. The highest BCUT2D eigenvalue weighted by Gasteiger charge is 2.39. The Morgan fingerprint density at radius 3 is 2.81 bits per heavy atom. The Balaban J connectivity index is 1.43. The number of rotatable bonds is 3. The smallest absolute Gasteiger partial charge is 0.328 e. The molecular weight excluding hydrogens is 398 g/mol. The predicted molar refractivity (Wildman–Crippen MR) is 112 cm³/mol. The van der Waals surface area contributed by atoms with Gasteiger partial charge in [-0.05, 0) is 37.3 Å². The maximum Gasteiger partial charge on any atom is 0.328 e. The lowest BCUT2D eigenvalue weighted by Crippen LogP contribution is -2.49. The summed E-state index contributed by atoms with van der Waals surface area (Å²) in [5, 5.41) is 0. The van der Waals surface area contributed by atoms with Gasteiger partial charge in [0, 0.05) is 50.2 Å². The van der Waals surface area contributed by atoms with Gasteiger partial charge >= 0.3 is 5.97 Å². The number of fused-ring (bicyclic) bond motifs is 4. The van der Waals surface area contributed by atoms with Gasteiger partial charge in [0.2, 0.25) is 0 Å².